The summed E-state index contributed by atoms with van der Waals surface area (Å²) in [5.74, 6) is 6.05. The van der Waals surface area contributed by atoms with E-state index in [2.05, 4.69) is 20.7 Å². The van der Waals surface area contributed by atoms with E-state index in [9.17, 15) is 0 Å². The van der Waals surface area contributed by atoms with Gasteiger partial charge in [0.2, 0.25) is 5.96 Å². The van der Waals surface area contributed by atoms with Gasteiger partial charge in [-0.3, -0.25) is 15.4 Å². The highest BCUT2D eigenvalue weighted by atomic mass is 16.5. The molecular weight excluding hydrogens is 266 g/mol. The number of nitrogens with one attached hydrogen (secondary N) is 2. The van der Waals surface area contributed by atoms with E-state index in [0.717, 1.165) is 29.5 Å². The molecule has 0 radical (unpaired) electrons. The van der Waals surface area contributed by atoms with E-state index < -0.39 is 0 Å². The molecular formula is C15H21N5O. The quantitative estimate of drug-likeness (QED) is 0.248. The number of rotatable bonds is 6. The number of nitrogens with two attached hydrogens (primary N) is 1. The van der Waals surface area contributed by atoms with Gasteiger partial charge in [0.1, 0.15) is 0 Å². The number of aromatic nitrogens is 1. The van der Waals surface area contributed by atoms with Gasteiger partial charge < -0.3 is 10.1 Å². The molecule has 0 saturated carbocycles. The Labute approximate surface area is 124 Å². The molecule has 4 N–H and O–H groups in total. The number of guanidine groups is 1. The van der Waals surface area contributed by atoms with Crippen LogP contribution in [0.2, 0.25) is 0 Å². The molecule has 2 aromatic rings. The molecule has 0 unspecified atom stereocenters. The molecule has 1 heterocycles. The zero-order chi connectivity index (χ0) is 14.9. The monoisotopic (exact) mass is 287 g/mol. The van der Waals surface area contributed by atoms with Crippen LogP contribution >= 0.6 is 0 Å². The van der Waals surface area contributed by atoms with Crippen molar-refractivity contribution in [1.82, 2.24) is 10.4 Å². The fourth-order valence-corrected chi connectivity index (χ4v) is 1.97. The summed E-state index contributed by atoms with van der Waals surface area (Å²) >= 11 is 0. The number of anilines is 1. The summed E-state index contributed by atoms with van der Waals surface area (Å²) in [5.41, 5.74) is 3.50. The van der Waals surface area contributed by atoms with Crippen molar-refractivity contribution in [3.63, 3.8) is 0 Å². The van der Waals surface area contributed by atoms with Crippen molar-refractivity contribution in [2.45, 2.75) is 13.3 Å². The number of aliphatic imine (C=N–C) groups is 1. The molecule has 112 valence electrons. The number of ether oxygens (including phenoxy) is 1. The van der Waals surface area contributed by atoms with Gasteiger partial charge in [0.05, 0.1) is 5.69 Å². The molecule has 0 bridgehead atoms. The lowest BCUT2D eigenvalue weighted by atomic mass is 10.1. The summed E-state index contributed by atoms with van der Waals surface area (Å²) in [6.07, 6.45) is 4.45. The lowest BCUT2D eigenvalue weighted by molar-refractivity contribution is 0.146. The Morgan fingerprint density at radius 3 is 3.10 bits per heavy atom. The maximum absolute atomic E-state index is 5.52. The molecule has 0 aliphatic rings. The summed E-state index contributed by atoms with van der Waals surface area (Å²) in [6.45, 7) is 4.06. The third kappa shape index (κ3) is 4.40. The maximum Gasteiger partial charge on any atom is 0.210 e. The molecule has 1 aromatic heterocycles. The van der Waals surface area contributed by atoms with Gasteiger partial charge in [-0.15, -0.1) is 0 Å². The van der Waals surface area contributed by atoms with Crippen LogP contribution in [0.4, 0.5) is 5.69 Å². The number of benzene rings is 1. The predicted molar refractivity (Wildman–Crippen MR) is 86.1 cm³/mol. The zero-order valence-corrected chi connectivity index (χ0v) is 12.2. The third-order valence-electron chi connectivity index (χ3n) is 2.99. The van der Waals surface area contributed by atoms with Crippen molar-refractivity contribution >= 4 is 22.4 Å². The van der Waals surface area contributed by atoms with Gasteiger partial charge >= 0.3 is 0 Å². The van der Waals surface area contributed by atoms with E-state index in [1.807, 2.05) is 37.4 Å². The van der Waals surface area contributed by atoms with Crippen molar-refractivity contribution in [2.24, 2.45) is 10.8 Å². The minimum absolute atomic E-state index is 0.530. The number of fused-ring (bicyclic) bond motifs is 1. The second-order valence-corrected chi connectivity index (χ2v) is 4.45. The van der Waals surface area contributed by atoms with Crippen LogP contribution in [-0.4, -0.2) is 30.7 Å². The van der Waals surface area contributed by atoms with Crippen molar-refractivity contribution < 1.29 is 4.74 Å². The first-order chi connectivity index (χ1) is 10.3. The lowest BCUT2D eigenvalue weighted by Gasteiger charge is -2.11. The largest absolute Gasteiger partial charge is 0.382 e. The molecule has 21 heavy (non-hydrogen) atoms. The third-order valence-corrected chi connectivity index (χ3v) is 2.99. The fraction of sp³-hybridized carbons (Fsp3) is 0.333. The SMILES string of the molecule is CCOCCCN=C(NN)Nc1cccc2ccncc12. The molecule has 0 saturated heterocycles. The number of pyridine rings is 1. The number of nitrogens with zero attached hydrogens (tertiary/aromatic N) is 2. The first kappa shape index (κ1) is 15.2. The Kier molecular flexibility index (Phi) is 5.93. The van der Waals surface area contributed by atoms with Crippen molar-refractivity contribution in [3.8, 4) is 0 Å². The average Bonchev–Trinajstić information content (AvgIpc) is 2.53. The van der Waals surface area contributed by atoms with E-state index in [1.165, 1.54) is 0 Å². The summed E-state index contributed by atoms with van der Waals surface area (Å²) in [7, 11) is 0. The normalized spacial score (nSPS) is 11.6. The maximum atomic E-state index is 5.52. The van der Waals surface area contributed by atoms with Crippen LogP contribution < -0.4 is 16.6 Å². The van der Waals surface area contributed by atoms with Gasteiger partial charge in [0.25, 0.3) is 0 Å². The van der Waals surface area contributed by atoms with Crippen LogP contribution in [0.25, 0.3) is 10.8 Å². The van der Waals surface area contributed by atoms with Crippen molar-refractivity contribution in [3.05, 3.63) is 36.7 Å². The fourth-order valence-electron chi connectivity index (χ4n) is 1.97. The summed E-state index contributed by atoms with van der Waals surface area (Å²) in [4.78, 5) is 8.54. The zero-order valence-electron chi connectivity index (χ0n) is 12.2. The minimum Gasteiger partial charge on any atom is -0.382 e. The lowest BCUT2D eigenvalue weighted by Crippen LogP contribution is -2.36. The smallest absolute Gasteiger partial charge is 0.210 e. The van der Waals surface area contributed by atoms with Crippen molar-refractivity contribution in [2.75, 3.05) is 25.1 Å². The first-order valence-electron chi connectivity index (χ1n) is 7.03. The summed E-state index contributed by atoms with van der Waals surface area (Å²) < 4.78 is 5.28. The van der Waals surface area contributed by atoms with E-state index >= 15 is 0 Å². The Morgan fingerprint density at radius 1 is 1.38 bits per heavy atom. The molecule has 0 atom stereocenters. The molecule has 2 rings (SSSR count). The number of hydrogen-bond donors (Lipinski definition) is 3. The Bertz CT molecular complexity index is 594. The second-order valence-electron chi connectivity index (χ2n) is 4.45. The first-order valence-corrected chi connectivity index (χ1v) is 7.03. The Balaban J connectivity index is 2.04. The molecule has 0 spiro atoms. The van der Waals surface area contributed by atoms with Gasteiger partial charge in [0.15, 0.2) is 0 Å². The number of hydrogen-bond acceptors (Lipinski definition) is 4. The van der Waals surface area contributed by atoms with Crippen LogP contribution in [0.3, 0.4) is 0 Å². The van der Waals surface area contributed by atoms with Gasteiger partial charge in [0, 0.05) is 37.5 Å². The molecule has 0 aliphatic heterocycles. The standard InChI is InChI=1S/C15H21N5O/c1-2-21-10-4-8-18-15(20-16)19-14-6-3-5-12-7-9-17-11-13(12)14/h3,5-7,9,11H,2,4,8,10,16H2,1H3,(H2,18,19,20). The molecule has 0 aliphatic carbocycles. The van der Waals surface area contributed by atoms with Crippen LogP contribution in [0, 0.1) is 0 Å². The number of hydrazine groups is 1. The summed E-state index contributed by atoms with van der Waals surface area (Å²) in [5, 5.41) is 5.33. The highest BCUT2D eigenvalue weighted by molar-refractivity contribution is 6.02. The van der Waals surface area contributed by atoms with Crippen LogP contribution in [0.15, 0.2) is 41.7 Å². The molecule has 0 fully saturated rings. The Hall–Kier alpha value is -2.18. The van der Waals surface area contributed by atoms with Gasteiger partial charge in [-0.25, -0.2) is 5.84 Å². The van der Waals surface area contributed by atoms with E-state index in [0.29, 0.717) is 19.1 Å². The van der Waals surface area contributed by atoms with Crippen LogP contribution in [0.5, 0.6) is 0 Å². The predicted octanol–water partition coefficient (Wildman–Crippen LogP) is 1.89. The molecule has 0 amide bonds. The van der Waals surface area contributed by atoms with Gasteiger partial charge in [-0.1, -0.05) is 12.1 Å². The highest BCUT2D eigenvalue weighted by Crippen LogP contribution is 2.21. The highest BCUT2D eigenvalue weighted by Gasteiger charge is 2.03. The average molecular weight is 287 g/mol. The second kappa shape index (κ2) is 8.18. The molecule has 1 aromatic carbocycles. The molecule has 6 nitrogen and oxygen atoms in total. The summed E-state index contributed by atoms with van der Waals surface area (Å²) in [6, 6.07) is 7.96. The van der Waals surface area contributed by atoms with E-state index in [-0.39, 0.29) is 0 Å². The van der Waals surface area contributed by atoms with Crippen LogP contribution in [0.1, 0.15) is 13.3 Å². The van der Waals surface area contributed by atoms with Gasteiger partial charge in [-0.05, 0) is 30.9 Å². The van der Waals surface area contributed by atoms with Gasteiger partial charge in [-0.2, -0.15) is 0 Å². The minimum atomic E-state index is 0.530. The topological polar surface area (TPSA) is 84.6 Å². The van der Waals surface area contributed by atoms with Crippen LogP contribution in [-0.2, 0) is 4.74 Å². The van der Waals surface area contributed by atoms with Crippen molar-refractivity contribution in [1.29, 1.82) is 0 Å². The van der Waals surface area contributed by atoms with E-state index in [1.54, 1.807) is 6.20 Å². The van der Waals surface area contributed by atoms with E-state index in [4.69, 9.17) is 10.6 Å². The molecule has 6 heteroatoms. The Morgan fingerprint density at radius 2 is 2.29 bits per heavy atom.